The molecular formula is C12H19NO2S2. The van der Waals surface area contributed by atoms with E-state index in [2.05, 4.69) is 11.4 Å². The van der Waals surface area contributed by atoms with Crippen LogP contribution < -0.4 is 5.32 Å². The molecule has 5 heteroatoms. The van der Waals surface area contributed by atoms with Crippen molar-refractivity contribution in [2.24, 2.45) is 0 Å². The van der Waals surface area contributed by atoms with Gasteiger partial charge in [-0.15, -0.1) is 11.3 Å². The second-order valence-corrected chi connectivity index (χ2v) is 8.30. The number of rotatable bonds is 5. The van der Waals surface area contributed by atoms with Crippen molar-refractivity contribution in [2.45, 2.75) is 38.8 Å². The Balaban J connectivity index is 1.85. The highest BCUT2D eigenvalue weighted by molar-refractivity contribution is 7.90. The maximum absolute atomic E-state index is 11.1. The predicted molar refractivity (Wildman–Crippen MR) is 72.4 cm³/mol. The van der Waals surface area contributed by atoms with E-state index in [4.69, 9.17) is 0 Å². The maximum Gasteiger partial charge on any atom is 0.148 e. The lowest BCUT2D eigenvalue weighted by Gasteiger charge is -2.11. The molecule has 2 rings (SSSR count). The van der Waals surface area contributed by atoms with Gasteiger partial charge in [0.15, 0.2) is 0 Å². The van der Waals surface area contributed by atoms with Crippen molar-refractivity contribution in [3.63, 3.8) is 0 Å². The van der Waals surface area contributed by atoms with Crippen molar-refractivity contribution in [1.82, 2.24) is 5.32 Å². The van der Waals surface area contributed by atoms with Crippen LogP contribution >= 0.6 is 11.3 Å². The van der Waals surface area contributed by atoms with Gasteiger partial charge in [-0.2, -0.15) is 0 Å². The molecule has 0 aliphatic heterocycles. The Morgan fingerprint density at radius 2 is 2.24 bits per heavy atom. The van der Waals surface area contributed by atoms with Crippen molar-refractivity contribution in [3.05, 3.63) is 21.4 Å². The molecular weight excluding hydrogens is 254 g/mol. The molecule has 0 saturated carbocycles. The Morgan fingerprint density at radius 3 is 2.88 bits per heavy atom. The quantitative estimate of drug-likeness (QED) is 0.889. The van der Waals surface area contributed by atoms with Crippen LogP contribution in [0.3, 0.4) is 0 Å². The van der Waals surface area contributed by atoms with Gasteiger partial charge < -0.3 is 5.32 Å². The van der Waals surface area contributed by atoms with Crippen molar-refractivity contribution in [1.29, 1.82) is 0 Å². The fourth-order valence-corrected chi connectivity index (χ4v) is 4.50. The number of fused-ring (bicyclic) bond motifs is 1. The van der Waals surface area contributed by atoms with E-state index in [0.717, 1.165) is 6.54 Å². The molecule has 1 aliphatic carbocycles. The largest absolute Gasteiger partial charge is 0.308 e. The first-order valence-corrected chi connectivity index (χ1v) is 8.83. The van der Waals surface area contributed by atoms with Gasteiger partial charge in [-0.1, -0.05) is 0 Å². The number of hydrogen-bond acceptors (Lipinski definition) is 4. The average molecular weight is 273 g/mol. The van der Waals surface area contributed by atoms with Crippen LogP contribution in [0.25, 0.3) is 0 Å². The third-order valence-corrected chi connectivity index (χ3v) is 5.32. The maximum atomic E-state index is 11.1. The van der Waals surface area contributed by atoms with Gasteiger partial charge in [0.05, 0.1) is 5.75 Å². The van der Waals surface area contributed by atoms with Crippen molar-refractivity contribution in [3.8, 4) is 0 Å². The molecule has 0 fully saturated rings. The predicted octanol–water partition coefficient (Wildman–Crippen LogP) is 1.76. The fourth-order valence-electron chi connectivity index (χ4n) is 2.27. The third-order valence-electron chi connectivity index (χ3n) is 2.98. The van der Waals surface area contributed by atoms with E-state index in [0.29, 0.717) is 0 Å². The Labute approximate surface area is 107 Å². The molecule has 1 unspecified atom stereocenters. The second-order valence-electron chi connectivity index (χ2n) is 4.89. The number of nitrogens with one attached hydrogen (secondary N) is 1. The van der Waals surface area contributed by atoms with E-state index < -0.39 is 9.84 Å². The second kappa shape index (κ2) is 5.08. The summed E-state index contributed by atoms with van der Waals surface area (Å²) in [4.78, 5) is 2.85. The first-order chi connectivity index (χ1) is 7.94. The smallest absolute Gasteiger partial charge is 0.148 e. The molecule has 0 radical (unpaired) electrons. The molecule has 1 N–H and O–H groups in total. The van der Waals surface area contributed by atoms with Crippen LogP contribution in [0.15, 0.2) is 6.07 Å². The molecule has 0 saturated heterocycles. The zero-order chi connectivity index (χ0) is 12.5. The Hall–Kier alpha value is -0.390. The minimum atomic E-state index is -2.88. The molecule has 0 spiro atoms. The lowest BCUT2D eigenvalue weighted by molar-refractivity contribution is 0.562. The Morgan fingerprint density at radius 1 is 1.47 bits per heavy atom. The van der Waals surface area contributed by atoms with E-state index in [9.17, 15) is 8.42 Å². The topological polar surface area (TPSA) is 46.2 Å². The molecule has 3 nitrogen and oxygen atoms in total. The zero-order valence-electron chi connectivity index (χ0n) is 10.3. The minimum Gasteiger partial charge on any atom is -0.308 e. The molecule has 17 heavy (non-hydrogen) atoms. The summed E-state index contributed by atoms with van der Waals surface area (Å²) in [5.74, 6) is 0.206. The third kappa shape index (κ3) is 3.79. The standard InChI is InChI=1S/C12H19NO2S2/c1-9(8-17(2,14)15)13-7-11-6-10-4-3-5-12(10)16-11/h6,9,13H,3-5,7-8H2,1-2H3. The minimum absolute atomic E-state index is 0.0157. The normalized spacial score (nSPS) is 17.1. The van der Waals surface area contributed by atoms with Gasteiger partial charge in [0, 0.05) is 28.6 Å². The lowest BCUT2D eigenvalue weighted by Crippen LogP contribution is -2.31. The van der Waals surface area contributed by atoms with E-state index in [1.165, 1.54) is 40.8 Å². The summed E-state index contributed by atoms with van der Waals surface area (Å²) in [5.41, 5.74) is 1.50. The molecule has 96 valence electrons. The summed E-state index contributed by atoms with van der Waals surface area (Å²) in [7, 11) is -2.88. The average Bonchev–Trinajstić information content (AvgIpc) is 2.70. The molecule has 1 atom stereocenters. The van der Waals surface area contributed by atoms with Gasteiger partial charge >= 0.3 is 0 Å². The molecule has 1 aliphatic rings. The summed E-state index contributed by atoms with van der Waals surface area (Å²) in [5, 5.41) is 3.28. The van der Waals surface area contributed by atoms with Crippen LogP contribution in [-0.2, 0) is 29.2 Å². The fraction of sp³-hybridized carbons (Fsp3) is 0.667. The van der Waals surface area contributed by atoms with Gasteiger partial charge in [0.1, 0.15) is 9.84 Å². The van der Waals surface area contributed by atoms with Crippen LogP contribution in [0.5, 0.6) is 0 Å². The summed E-state index contributed by atoms with van der Waals surface area (Å²) >= 11 is 1.87. The number of aryl methyl sites for hydroxylation is 2. The van der Waals surface area contributed by atoms with Gasteiger partial charge in [0.25, 0.3) is 0 Å². The van der Waals surface area contributed by atoms with E-state index in [1.54, 1.807) is 0 Å². The van der Waals surface area contributed by atoms with Crippen LogP contribution in [0.1, 0.15) is 28.7 Å². The first-order valence-electron chi connectivity index (χ1n) is 5.95. The summed E-state index contributed by atoms with van der Waals surface area (Å²) in [6, 6.07) is 2.29. The Bertz CT molecular complexity index is 469. The van der Waals surface area contributed by atoms with Crippen LogP contribution in [0, 0.1) is 0 Å². The van der Waals surface area contributed by atoms with Crippen LogP contribution in [-0.4, -0.2) is 26.5 Å². The van der Waals surface area contributed by atoms with E-state index in [-0.39, 0.29) is 11.8 Å². The van der Waals surface area contributed by atoms with Crippen LogP contribution in [0.2, 0.25) is 0 Å². The number of sulfone groups is 1. The van der Waals surface area contributed by atoms with Crippen LogP contribution in [0.4, 0.5) is 0 Å². The molecule has 0 aromatic carbocycles. The number of hydrogen-bond donors (Lipinski definition) is 1. The van der Waals surface area contributed by atoms with E-state index >= 15 is 0 Å². The molecule has 1 heterocycles. The molecule has 1 aromatic rings. The molecule has 0 amide bonds. The van der Waals surface area contributed by atoms with Gasteiger partial charge in [-0.25, -0.2) is 8.42 Å². The van der Waals surface area contributed by atoms with Gasteiger partial charge in [-0.3, -0.25) is 0 Å². The van der Waals surface area contributed by atoms with Gasteiger partial charge in [0.2, 0.25) is 0 Å². The SMILES string of the molecule is CC(CS(C)(=O)=O)NCc1cc2c(s1)CCC2. The van der Waals surface area contributed by atoms with Crippen molar-refractivity contribution < 1.29 is 8.42 Å². The number of thiophene rings is 1. The summed E-state index contributed by atoms with van der Waals surface area (Å²) < 4.78 is 22.3. The first kappa shape index (κ1) is 13.1. The van der Waals surface area contributed by atoms with Crippen molar-refractivity contribution in [2.75, 3.05) is 12.0 Å². The zero-order valence-corrected chi connectivity index (χ0v) is 12.0. The van der Waals surface area contributed by atoms with Gasteiger partial charge in [-0.05, 0) is 37.8 Å². The Kier molecular flexibility index (Phi) is 3.90. The monoisotopic (exact) mass is 273 g/mol. The molecule has 0 bridgehead atoms. The van der Waals surface area contributed by atoms with Crippen molar-refractivity contribution >= 4 is 21.2 Å². The lowest BCUT2D eigenvalue weighted by atomic mass is 10.2. The molecule has 1 aromatic heterocycles. The highest BCUT2D eigenvalue weighted by atomic mass is 32.2. The summed E-state index contributed by atoms with van der Waals surface area (Å²) in [6.07, 6.45) is 5.01. The summed E-state index contributed by atoms with van der Waals surface area (Å²) in [6.45, 7) is 2.71. The highest BCUT2D eigenvalue weighted by Gasteiger charge is 2.15. The van der Waals surface area contributed by atoms with E-state index in [1.807, 2.05) is 18.3 Å². The highest BCUT2D eigenvalue weighted by Crippen LogP contribution is 2.30.